The van der Waals surface area contributed by atoms with E-state index in [1.165, 1.54) is 11.8 Å². The Labute approximate surface area is 207 Å². The third kappa shape index (κ3) is 6.07. The SMILES string of the molecule is CCOc1ccc(-n2c(SCC(=O)NN=C(C)c3ccc(O)cc3)nnc2-c2ccccc2)cc1. The monoisotopic (exact) mass is 487 g/mol. The van der Waals surface area contributed by atoms with Crippen molar-refractivity contribution >= 4 is 23.4 Å². The van der Waals surface area contributed by atoms with Gasteiger partial charge in [-0.05, 0) is 67.9 Å². The third-order valence-corrected chi connectivity index (χ3v) is 5.97. The zero-order valence-corrected chi connectivity index (χ0v) is 20.2. The lowest BCUT2D eigenvalue weighted by Gasteiger charge is -2.11. The van der Waals surface area contributed by atoms with E-state index in [-0.39, 0.29) is 17.4 Å². The highest BCUT2D eigenvalue weighted by atomic mass is 32.2. The van der Waals surface area contributed by atoms with Crippen LogP contribution in [0.5, 0.6) is 11.5 Å². The van der Waals surface area contributed by atoms with Crippen LogP contribution in [0.4, 0.5) is 0 Å². The zero-order chi connectivity index (χ0) is 24.6. The van der Waals surface area contributed by atoms with E-state index in [1.54, 1.807) is 31.2 Å². The van der Waals surface area contributed by atoms with Crippen molar-refractivity contribution in [2.75, 3.05) is 12.4 Å². The molecule has 3 aromatic carbocycles. The van der Waals surface area contributed by atoms with Gasteiger partial charge in [-0.15, -0.1) is 10.2 Å². The van der Waals surface area contributed by atoms with Crippen LogP contribution in [0.1, 0.15) is 19.4 Å². The number of carbonyl (C=O) groups is 1. The van der Waals surface area contributed by atoms with Crippen LogP contribution in [0, 0.1) is 0 Å². The van der Waals surface area contributed by atoms with Crippen molar-refractivity contribution in [2.24, 2.45) is 5.10 Å². The van der Waals surface area contributed by atoms with Crippen LogP contribution in [-0.4, -0.2) is 43.8 Å². The molecule has 0 fully saturated rings. The summed E-state index contributed by atoms with van der Waals surface area (Å²) in [7, 11) is 0. The molecule has 0 unspecified atom stereocenters. The van der Waals surface area contributed by atoms with Gasteiger partial charge < -0.3 is 9.84 Å². The summed E-state index contributed by atoms with van der Waals surface area (Å²) in [5.41, 5.74) is 5.79. The van der Waals surface area contributed by atoms with Gasteiger partial charge in [0.15, 0.2) is 11.0 Å². The molecule has 2 N–H and O–H groups in total. The van der Waals surface area contributed by atoms with E-state index < -0.39 is 0 Å². The van der Waals surface area contributed by atoms with Crippen molar-refractivity contribution in [1.82, 2.24) is 20.2 Å². The fraction of sp³-hybridized carbons (Fsp3) is 0.154. The molecule has 1 amide bonds. The number of benzene rings is 3. The highest BCUT2D eigenvalue weighted by Crippen LogP contribution is 2.28. The summed E-state index contributed by atoms with van der Waals surface area (Å²) in [4.78, 5) is 12.5. The molecule has 0 bridgehead atoms. The molecule has 1 heterocycles. The number of hydrogen-bond donors (Lipinski definition) is 2. The number of ether oxygens (including phenoxy) is 1. The Morgan fingerprint density at radius 2 is 1.74 bits per heavy atom. The van der Waals surface area contributed by atoms with Crippen LogP contribution in [0.15, 0.2) is 89.1 Å². The number of carbonyl (C=O) groups excluding carboxylic acids is 1. The standard InChI is InChI=1S/C26H25N5O3S/c1-3-34-23-15-11-21(12-16-23)31-25(20-7-5-4-6-8-20)29-30-26(31)35-17-24(33)28-27-18(2)19-9-13-22(32)14-10-19/h4-16,32H,3,17H2,1-2H3,(H,28,33). The number of amides is 1. The molecular weight excluding hydrogens is 462 g/mol. The van der Waals surface area contributed by atoms with Crippen molar-refractivity contribution in [3.63, 3.8) is 0 Å². The Morgan fingerprint density at radius 3 is 2.43 bits per heavy atom. The fourth-order valence-corrected chi connectivity index (χ4v) is 4.05. The Bertz CT molecular complexity index is 1300. The minimum Gasteiger partial charge on any atom is -0.508 e. The molecule has 0 saturated heterocycles. The lowest BCUT2D eigenvalue weighted by Crippen LogP contribution is -2.21. The Kier molecular flexibility index (Phi) is 7.79. The number of phenolic OH excluding ortho intramolecular Hbond substituents is 1. The molecule has 9 heteroatoms. The molecule has 1 aromatic heterocycles. The topological polar surface area (TPSA) is 102 Å². The van der Waals surface area contributed by atoms with E-state index in [0.717, 1.165) is 22.6 Å². The molecule has 8 nitrogen and oxygen atoms in total. The molecule has 0 aliphatic carbocycles. The first-order valence-corrected chi connectivity index (χ1v) is 12.0. The Morgan fingerprint density at radius 1 is 1.03 bits per heavy atom. The van der Waals surface area contributed by atoms with Gasteiger partial charge in [0.05, 0.1) is 18.1 Å². The maximum absolute atomic E-state index is 12.5. The van der Waals surface area contributed by atoms with Gasteiger partial charge in [0.1, 0.15) is 11.5 Å². The van der Waals surface area contributed by atoms with Gasteiger partial charge in [0, 0.05) is 11.3 Å². The van der Waals surface area contributed by atoms with Crippen LogP contribution < -0.4 is 10.2 Å². The normalized spacial score (nSPS) is 11.3. The van der Waals surface area contributed by atoms with Crippen LogP contribution in [-0.2, 0) is 4.79 Å². The van der Waals surface area contributed by atoms with E-state index in [0.29, 0.717) is 23.3 Å². The number of phenols is 1. The zero-order valence-electron chi connectivity index (χ0n) is 19.4. The maximum Gasteiger partial charge on any atom is 0.250 e. The van der Waals surface area contributed by atoms with Gasteiger partial charge >= 0.3 is 0 Å². The second-order valence-corrected chi connectivity index (χ2v) is 8.44. The molecule has 0 spiro atoms. The summed E-state index contributed by atoms with van der Waals surface area (Å²) in [6.45, 7) is 4.32. The highest BCUT2D eigenvalue weighted by Gasteiger charge is 2.17. The van der Waals surface area contributed by atoms with Gasteiger partial charge in [0.2, 0.25) is 0 Å². The quantitative estimate of drug-likeness (QED) is 0.202. The van der Waals surface area contributed by atoms with Crippen molar-refractivity contribution in [2.45, 2.75) is 19.0 Å². The number of rotatable bonds is 9. The van der Waals surface area contributed by atoms with Gasteiger partial charge in [-0.2, -0.15) is 5.10 Å². The van der Waals surface area contributed by atoms with Crippen molar-refractivity contribution in [1.29, 1.82) is 0 Å². The van der Waals surface area contributed by atoms with Crippen LogP contribution >= 0.6 is 11.8 Å². The second kappa shape index (κ2) is 11.3. The number of thioether (sulfide) groups is 1. The highest BCUT2D eigenvalue weighted by molar-refractivity contribution is 7.99. The summed E-state index contributed by atoms with van der Waals surface area (Å²) in [6.07, 6.45) is 0. The summed E-state index contributed by atoms with van der Waals surface area (Å²) < 4.78 is 7.49. The molecule has 178 valence electrons. The first kappa shape index (κ1) is 24.0. The number of nitrogens with one attached hydrogen (secondary N) is 1. The molecule has 0 atom stereocenters. The van der Waals surface area contributed by atoms with Gasteiger partial charge in [-0.3, -0.25) is 9.36 Å². The van der Waals surface area contributed by atoms with E-state index in [9.17, 15) is 9.90 Å². The molecule has 4 aromatic rings. The van der Waals surface area contributed by atoms with Crippen molar-refractivity contribution in [3.05, 3.63) is 84.4 Å². The fourth-order valence-electron chi connectivity index (χ4n) is 3.30. The first-order valence-electron chi connectivity index (χ1n) is 11.0. The lowest BCUT2D eigenvalue weighted by molar-refractivity contribution is -0.118. The molecule has 0 aliphatic heterocycles. The molecular formula is C26H25N5O3S. The summed E-state index contributed by atoms with van der Waals surface area (Å²) in [5, 5.41) is 22.9. The summed E-state index contributed by atoms with van der Waals surface area (Å²) in [6, 6.07) is 24.1. The van der Waals surface area contributed by atoms with E-state index in [1.807, 2.05) is 66.1 Å². The number of hydrogen-bond acceptors (Lipinski definition) is 7. The lowest BCUT2D eigenvalue weighted by atomic mass is 10.1. The van der Waals surface area contributed by atoms with Gasteiger partial charge in [-0.1, -0.05) is 42.1 Å². The molecule has 0 radical (unpaired) electrons. The predicted octanol–water partition coefficient (Wildman–Crippen LogP) is 4.67. The van der Waals surface area contributed by atoms with Crippen LogP contribution in [0.3, 0.4) is 0 Å². The van der Waals surface area contributed by atoms with Gasteiger partial charge in [-0.25, -0.2) is 5.43 Å². The van der Waals surface area contributed by atoms with Crippen LogP contribution in [0.2, 0.25) is 0 Å². The molecule has 4 rings (SSSR count). The van der Waals surface area contributed by atoms with Gasteiger partial charge in [0.25, 0.3) is 5.91 Å². The molecule has 0 aliphatic rings. The number of aromatic nitrogens is 3. The summed E-state index contributed by atoms with van der Waals surface area (Å²) in [5.74, 6) is 1.47. The number of nitrogens with zero attached hydrogens (tertiary/aromatic N) is 4. The first-order chi connectivity index (χ1) is 17.0. The number of aromatic hydroxyl groups is 1. The minimum absolute atomic E-state index is 0.107. The van der Waals surface area contributed by atoms with Crippen LogP contribution in [0.25, 0.3) is 17.1 Å². The maximum atomic E-state index is 12.5. The van der Waals surface area contributed by atoms with E-state index in [4.69, 9.17) is 4.74 Å². The molecule has 35 heavy (non-hydrogen) atoms. The second-order valence-electron chi connectivity index (χ2n) is 7.50. The number of hydrazone groups is 1. The average Bonchev–Trinajstić information content (AvgIpc) is 3.31. The van der Waals surface area contributed by atoms with E-state index >= 15 is 0 Å². The summed E-state index contributed by atoms with van der Waals surface area (Å²) >= 11 is 1.27. The predicted molar refractivity (Wildman–Crippen MR) is 137 cm³/mol. The minimum atomic E-state index is -0.268. The van der Waals surface area contributed by atoms with E-state index in [2.05, 4.69) is 20.7 Å². The third-order valence-electron chi connectivity index (χ3n) is 5.04. The molecule has 0 saturated carbocycles. The average molecular weight is 488 g/mol. The Hall–Kier alpha value is -4.11. The van der Waals surface area contributed by atoms with Crippen molar-refractivity contribution < 1.29 is 14.6 Å². The largest absolute Gasteiger partial charge is 0.508 e. The van der Waals surface area contributed by atoms with Crippen molar-refractivity contribution in [3.8, 4) is 28.6 Å². The smallest absolute Gasteiger partial charge is 0.250 e. The Balaban J connectivity index is 1.52.